The molecule has 0 aliphatic carbocycles. The maximum atomic E-state index is 12.0. The summed E-state index contributed by atoms with van der Waals surface area (Å²) in [5.74, 6) is 0.400. The number of hydrogen-bond acceptors (Lipinski definition) is 3. The van der Waals surface area contributed by atoms with Gasteiger partial charge >= 0.3 is 0 Å². The number of amides is 1. The molecule has 0 aliphatic rings. The van der Waals surface area contributed by atoms with Crippen LogP contribution in [0.3, 0.4) is 0 Å². The molecule has 0 heterocycles. The molecule has 1 N–H and O–H groups in total. The van der Waals surface area contributed by atoms with Gasteiger partial charge in [0.25, 0.3) is 5.91 Å². The third-order valence-corrected chi connectivity index (χ3v) is 4.08. The molecule has 0 spiro atoms. The van der Waals surface area contributed by atoms with Crippen LogP contribution in [-0.2, 0) is 4.79 Å². The first kappa shape index (κ1) is 17.7. The molecule has 0 radical (unpaired) electrons. The zero-order valence-corrected chi connectivity index (χ0v) is 15.2. The third kappa shape index (κ3) is 4.48. The fourth-order valence-electron chi connectivity index (χ4n) is 2.82. The minimum atomic E-state index is -0.288. The first-order valence-electron chi connectivity index (χ1n) is 8.55. The topological polar surface area (TPSA) is 50.7 Å². The predicted molar refractivity (Wildman–Crippen MR) is 106 cm³/mol. The van der Waals surface area contributed by atoms with Crippen molar-refractivity contribution in [1.82, 2.24) is 5.43 Å². The lowest BCUT2D eigenvalue weighted by Crippen LogP contribution is -2.25. The van der Waals surface area contributed by atoms with E-state index in [2.05, 4.69) is 40.9 Å². The fraction of sp³-hybridized carbons (Fsp3) is 0.182. The molecular weight excluding hydrogens is 324 g/mol. The SMILES string of the molecule is C/C(=N\NC(=O)COc1cc(C)cc(C)c1)c1ccc2ccccc2c1. The Bertz CT molecular complexity index is 957. The summed E-state index contributed by atoms with van der Waals surface area (Å²) >= 11 is 0. The molecule has 3 rings (SSSR count). The van der Waals surface area contributed by atoms with Crippen molar-refractivity contribution in [3.05, 3.63) is 77.4 Å². The Balaban J connectivity index is 1.61. The average molecular weight is 346 g/mol. The lowest BCUT2D eigenvalue weighted by molar-refractivity contribution is -0.123. The highest BCUT2D eigenvalue weighted by Crippen LogP contribution is 2.17. The molecule has 0 atom stereocenters. The first-order valence-corrected chi connectivity index (χ1v) is 8.55. The molecule has 26 heavy (non-hydrogen) atoms. The van der Waals surface area contributed by atoms with Gasteiger partial charge in [-0.05, 0) is 66.4 Å². The van der Waals surface area contributed by atoms with E-state index in [1.165, 1.54) is 5.39 Å². The van der Waals surface area contributed by atoms with Crippen LogP contribution in [0, 0.1) is 13.8 Å². The van der Waals surface area contributed by atoms with Crippen LogP contribution < -0.4 is 10.2 Å². The van der Waals surface area contributed by atoms with Crippen LogP contribution in [0.15, 0.2) is 65.8 Å². The quantitative estimate of drug-likeness (QED) is 0.551. The molecule has 3 aromatic rings. The molecular formula is C22H22N2O2. The van der Waals surface area contributed by atoms with Gasteiger partial charge in [-0.15, -0.1) is 0 Å². The summed E-state index contributed by atoms with van der Waals surface area (Å²) in [5, 5.41) is 6.50. The Morgan fingerprint density at radius 3 is 2.38 bits per heavy atom. The minimum absolute atomic E-state index is 0.0720. The zero-order chi connectivity index (χ0) is 18.5. The van der Waals surface area contributed by atoms with E-state index in [9.17, 15) is 4.79 Å². The highest BCUT2D eigenvalue weighted by molar-refractivity contribution is 6.02. The molecule has 1 amide bonds. The second-order valence-corrected chi connectivity index (χ2v) is 6.41. The van der Waals surface area contributed by atoms with Crippen molar-refractivity contribution in [2.24, 2.45) is 5.10 Å². The molecule has 0 saturated heterocycles. The number of nitrogens with one attached hydrogen (secondary N) is 1. The van der Waals surface area contributed by atoms with Crippen LogP contribution in [0.4, 0.5) is 0 Å². The Hall–Kier alpha value is -3.14. The number of benzene rings is 3. The van der Waals surface area contributed by atoms with Crippen LogP contribution in [-0.4, -0.2) is 18.2 Å². The number of carbonyl (C=O) groups is 1. The van der Waals surface area contributed by atoms with Crippen molar-refractivity contribution in [3.63, 3.8) is 0 Å². The van der Waals surface area contributed by atoms with Gasteiger partial charge in [0, 0.05) is 0 Å². The van der Waals surface area contributed by atoms with Crippen molar-refractivity contribution in [1.29, 1.82) is 0 Å². The van der Waals surface area contributed by atoms with Crippen molar-refractivity contribution >= 4 is 22.4 Å². The number of ether oxygens (including phenoxy) is 1. The summed E-state index contributed by atoms with van der Waals surface area (Å²) in [5.41, 5.74) is 6.47. The fourth-order valence-corrected chi connectivity index (χ4v) is 2.82. The predicted octanol–water partition coefficient (Wildman–Crippen LogP) is 4.38. The average Bonchev–Trinajstić information content (AvgIpc) is 2.63. The number of fused-ring (bicyclic) bond motifs is 1. The smallest absolute Gasteiger partial charge is 0.277 e. The number of hydrogen-bond donors (Lipinski definition) is 1. The van der Waals surface area contributed by atoms with Crippen molar-refractivity contribution in [2.45, 2.75) is 20.8 Å². The van der Waals surface area contributed by atoms with E-state index in [4.69, 9.17) is 4.74 Å². The van der Waals surface area contributed by atoms with Gasteiger partial charge in [-0.1, -0.05) is 42.5 Å². The summed E-state index contributed by atoms with van der Waals surface area (Å²) in [4.78, 5) is 12.0. The van der Waals surface area contributed by atoms with Crippen molar-refractivity contribution in [3.8, 4) is 5.75 Å². The minimum Gasteiger partial charge on any atom is -0.484 e. The van der Waals surface area contributed by atoms with Crippen LogP contribution >= 0.6 is 0 Å². The second-order valence-electron chi connectivity index (χ2n) is 6.41. The molecule has 0 unspecified atom stereocenters. The van der Waals surface area contributed by atoms with Crippen molar-refractivity contribution < 1.29 is 9.53 Å². The number of rotatable bonds is 5. The van der Waals surface area contributed by atoms with Gasteiger partial charge in [0.1, 0.15) is 5.75 Å². The summed E-state index contributed by atoms with van der Waals surface area (Å²) < 4.78 is 5.54. The molecule has 0 fully saturated rings. The lowest BCUT2D eigenvalue weighted by Gasteiger charge is -2.08. The number of nitrogens with zero attached hydrogens (tertiary/aromatic N) is 1. The molecule has 3 aromatic carbocycles. The van der Waals surface area contributed by atoms with Crippen LogP contribution in [0.1, 0.15) is 23.6 Å². The van der Waals surface area contributed by atoms with E-state index in [-0.39, 0.29) is 12.5 Å². The first-order chi connectivity index (χ1) is 12.5. The molecule has 0 aromatic heterocycles. The third-order valence-electron chi connectivity index (χ3n) is 4.08. The van der Waals surface area contributed by atoms with E-state index < -0.39 is 0 Å². The normalized spacial score (nSPS) is 11.4. The Morgan fingerprint density at radius 1 is 0.962 bits per heavy atom. The second kappa shape index (κ2) is 7.83. The van der Waals surface area contributed by atoms with Gasteiger partial charge in [0.05, 0.1) is 5.71 Å². The van der Waals surface area contributed by atoms with Gasteiger partial charge < -0.3 is 4.74 Å². The molecule has 0 aliphatic heterocycles. The number of carbonyl (C=O) groups excluding carboxylic acids is 1. The summed E-state index contributed by atoms with van der Waals surface area (Å²) in [7, 11) is 0. The van der Waals surface area contributed by atoms with Gasteiger partial charge in [0.2, 0.25) is 0 Å². The Labute approximate surface area is 153 Å². The highest BCUT2D eigenvalue weighted by atomic mass is 16.5. The lowest BCUT2D eigenvalue weighted by atomic mass is 10.0. The maximum absolute atomic E-state index is 12.0. The van der Waals surface area contributed by atoms with Gasteiger partial charge in [-0.3, -0.25) is 4.79 Å². The summed E-state index contributed by atoms with van der Waals surface area (Å²) in [6.45, 7) is 5.79. The van der Waals surface area contributed by atoms with Gasteiger partial charge in [0.15, 0.2) is 6.61 Å². The van der Waals surface area contributed by atoms with E-state index in [1.54, 1.807) is 0 Å². The standard InChI is InChI=1S/C22H22N2O2/c1-15-10-16(2)12-21(11-15)26-14-22(25)24-23-17(3)19-9-8-18-6-4-5-7-20(18)13-19/h4-13H,14H2,1-3H3,(H,24,25)/b23-17+. The van der Waals surface area contributed by atoms with Gasteiger partial charge in [-0.25, -0.2) is 5.43 Å². The summed E-state index contributed by atoms with van der Waals surface area (Å²) in [6.07, 6.45) is 0. The number of aryl methyl sites for hydroxylation is 2. The molecule has 0 bridgehead atoms. The van der Waals surface area contributed by atoms with E-state index in [1.807, 2.05) is 51.1 Å². The Kier molecular flexibility index (Phi) is 5.32. The zero-order valence-electron chi connectivity index (χ0n) is 15.2. The van der Waals surface area contributed by atoms with E-state index in [0.29, 0.717) is 5.75 Å². The molecule has 4 heteroatoms. The van der Waals surface area contributed by atoms with Crippen LogP contribution in [0.2, 0.25) is 0 Å². The maximum Gasteiger partial charge on any atom is 0.277 e. The van der Waals surface area contributed by atoms with E-state index >= 15 is 0 Å². The highest BCUT2D eigenvalue weighted by Gasteiger charge is 2.04. The largest absolute Gasteiger partial charge is 0.484 e. The van der Waals surface area contributed by atoms with E-state index in [0.717, 1.165) is 27.8 Å². The molecule has 4 nitrogen and oxygen atoms in total. The molecule has 0 saturated carbocycles. The van der Waals surface area contributed by atoms with Gasteiger partial charge in [-0.2, -0.15) is 5.10 Å². The van der Waals surface area contributed by atoms with Crippen molar-refractivity contribution in [2.75, 3.05) is 6.61 Å². The summed E-state index contributed by atoms with van der Waals surface area (Å²) in [6, 6.07) is 20.1. The monoisotopic (exact) mass is 346 g/mol. The van der Waals surface area contributed by atoms with Crippen LogP contribution in [0.5, 0.6) is 5.75 Å². The number of hydrazone groups is 1. The molecule has 132 valence electrons. The van der Waals surface area contributed by atoms with Crippen LogP contribution in [0.25, 0.3) is 10.8 Å². The Morgan fingerprint density at radius 2 is 1.65 bits per heavy atom.